The topological polar surface area (TPSA) is 105 Å². The van der Waals surface area contributed by atoms with Crippen molar-refractivity contribution in [2.75, 3.05) is 32.8 Å². The number of nitrogens with one attached hydrogen (secondary N) is 2. The molecule has 0 radical (unpaired) electrons. The van der Waals surface area contributed by atoms with E-state index in [1.165, 1.54) is 17.1 Å². The highest BCUT2D eigenvalue weighted by atomic mass is 16.5. The number of nitrogens with zero attached hydrogens (tertiary/aromatic N) is 1. The Morgan fingerprint density at radius 2 is 1.41 bits per heavy atom. The van der Waals surface area contributed by atoms with Crippen molar-refractivity contribution in [3.05, 3.63) is 48.0 Å². The van der Waals surface area contributed by atoms with Crippen LogP contribution in [-0.2, 0) is 19.1 Å². The van der Waals surface area contributed by atoms with Gasteiger partial charge < -0.3 is 15.4 Å². The summed E-state index contributed by atoms with van der Waals surface area (Å²) in [7, 11) is 0. The van der Waals surface area contributed by atoms with E-state index < -0.39 is 0 Å². The molecule has 3 rings (SSSR count). The van der Waals surface area contributed by atoms with Crippen molar-refractivity contribution in [2.45, 2.75) is 53.4 Å². The first-order valence-electron chi connectivity index (χ1n) is 13.2. The van der Waals surface area contributed by atoms with Gasteiger partial charge in [0.25, 0.3) is 17.7 Å². The quantitative estimate of drug-likeness (QED) is 0.419. The monoisotopic (exact) mass is 511 g/mol. The lowest BCUT2D eigenvalue weighted by Crippen LogP contribution is -2.42. The van der Waals surface area contributed by atoms with Crippen LogP contribution in [0.1, 0.15) is 63.7 Å². The van der Waals surface area contributed by atoms with Crippen LogP contribution in [0.25, 0.3) is 0 Å². The van der Waals surface area contributed by atoms with Gasteiger partial charge in [-0.3, -0.25) is 24.1 Å². The molecular weight excluding hydrogens is 470 g/mol. The van der Waals surface area contributed by atoms with Crippen LogP contribution in [0, 0.1) is 22.7 Å². The van der Waals surface area contributed by atoms with Gasteiger partial charge in [-0.2, -0.15) is 0 Å². The number of carbonyl (C=O) groups excluding carboxylic acids is 4. The molecule has 1 saturated carbocycles. The summed E-state index contributed by atoms with van der Waals surface area (Å²) >= 11 is 0. The van der Waals surface area contributed by atoms with Gasteiger partial charge in [0.2, 0.25) is 5.91 Å². The predicted molar refractivity (Wildman–Crippen MR) is 141 cm³/mol. The molecule has 1 heterocycles. The molecule has 1 aromatic rings. The Morgan fingerprint density at radius 3 is 1.97 bits per heavy atom. The lowest BCUT2D eigenvalue weighted by molar-refractivity contribution is -0.138. The fourth-order valence-corrected chi connectivity index (χ4v) is 4.66. The van der Waals surface area contributed by atoms with E-state index in [0.29, 0.717) is 38.4 Å². The van der Waals surface area contributed by atoms with Crippen LogP contribution in [0.4, 0.5) is 0 Å². The molecule has 0 spiro atoms. The van der Waals surface area contributed by atoms with E-state index in [1.54, 1.807) is 12.1 Å². The molecule has 1 aliphatic heterocycles. The zero-order valence-electron chi connectivity index (χ0n) is 22.5. The third-order valence-electron chi connectivity index (χ3n) is 7.05. The molecule has 0 aromatic heterocycles. The fraction of sp³-hybridized carbons (Fsp3) is 0.586. The Morgan fingerprint density at radius 1 is 0.865 bits per heavy atom. The average molecular weight is 512 g/mol. The molecule has 0 bridgehead atoms. The van der Waals surface area contributed by atoms with Crippen molar-refractivity contribution in [2.24, 2.45) is 22.7 Å². The molecule has 8 heteroatoms. The maximum atomic E-state index is 12.8. The van der Waals surface area contributed by atoms with Crippen LogP contribution in [0.3, 0.4) is 0 Å². The van der Waals surface area contributed by atoms with Crippen molar-refractivity contribution < 1.29 is 23.9 Å². The molecule has 2 aliphatic rings. The number of hydrogen-bond donors (Lipinski definition) is 2. The second-order valence-corrected chi connectivity index (χ2v) is 11.9. The smallest absolute Gasteiger partial charge is 0.253 e. The summed E-state index contributed by atoms with van der Waals surface area (Å²) in [6.07, 6.45) is 5.82. The zero-order valence-corrected chi connectivity index (χ0v) is 22.5. The van der Waals surface area contributed by atoms with Crippen LogP contribution in [0.2, 0.25) is 0 Å². The molecule has 8 nitrogen and oxygen atoms in total. The van der Waals surface area contributed by atoms with E-state index in [-0.39, 0.29) is 46.3 Å². The first kappa shape index (κ1) is 28.6. The second-order valence-electron chi connectivity index (χ2n) is 11.9. The molecule has 1 fully saturated rings. The number of ether oxygens (including phenoxy) is 1. The lowest BCUT2D eigenvalue weighted by atomic mass is 9.81. The van der Waals surface area contributed by atoms with E-state index in [0.717, 1.165) is 25.7 Å². The number of imide groups is 1. The Labute approximate surface area is 220 Å². The molecular formula is C29H41N3O5. The number of hydrogen-bond acceptors (Lipinski definition) is 5. The molecule has 0 unspecified atom stereocenters. The average Bonchev–Trinajstić information content (AvgIpc) is 3.19. The van der Waals surface area contributed by atoms with Gasteiger partial charge in [-0.05, 0) is 43.7 Å². The van der Waals surface area contributed by atoms with Gasteiger partial charge in [0.1, 0.15) is 0 Å². The van der Waals surface area contributed by atoms with Gasteiger partial charge in [0, 0.05) is 54.1 Å². The van der Waals surface area contributed by atoms with Crippen LogP contribution in [0.5, 0.6) is 0 Å². The second kappa shape index (κ2) is 12.5. The van der Waals surface area contributed by atoms with Crippen LogP contribution >= 0.6 is 0 Å². The van der Waals surface area contributed by atoms with E-state index in [1.807, 2.05) is 18.2 Å². The summed E-state index contributed by atoms with van der Waals surface area (Å²) in [5.41, 5.74) is 0.168. The summed E-state index contributed by atoms with van der Waals surface area (Å²) in [6.45, 7) is 10.7. The minimum atomic E-state index is -0.241. The van der Waals surface area contributed by atoms with Gasteiger partial charge in [0.15, 0.2) is 0 Å². The summed E-state index contributed by atoms with van der Waals surface area (Å²) in [5, 5.41) is 6.07. The number of rotatable bonds is 12. The van der Waals surface area contributed by atoms with Crippen molar-refractivity contribution in [3.63, 3.8) is 0 Å². The molecule has 1 aliphatic carbocycles. The van der Waals surface area contributed by atoms with Crippen molar-refractivity contribution >= 4 is 23.6 Å². The SMILES string of the molecule is CC(C)(CNC(=O)c1ccccc1)COCC(C)(C)CNC(=O)C1CCC(CN2C(=O)C=CC2=O)CC1. The van der Waals surface area contributed by atoms with Gasteiger partial charge in [-0.1, -0.05) is 45.9 Å². The fourth-order valence-electron chi connectivity index (χ4n) is 4.66. The summed E-state index contributed by atoms with van der Waals surface area (Å²) in [5.74, 6) is -0.304. The van der Waals surface area contributed by atoms with Crippen molar-refractivity contribution in [1.82, 2.24) is 15.5 Å². The van der Waals surface area contributed by atoms with Gasteiger partial charge in [-0.15, -0.1) is 0 Å². The Hall–Kier alpha value is -3.00. The highest BCUT2D eigenvalue weighted by Gasteiger charge is 2.32. The molecule has 4 amide bonds. The van der Waals surface area contributed by atoms with E-state index in [4.69, 9.17) is 4.74 Å². The first-order chi connectivity index (χ1) is 17.5. The first-order valence-corrected chi connectivity index (χ1v) is 13.2. The Balaban J connectivity index is 1.32. The number of benzene rings is 1. The van der Waals surface area contributed by atoms with Crippen LogP contribution in [0.15, 0.2) is 42.5 Å². The predicted octanol–water partition coefficient (Wildman–Crippen LogP) is 3.33. The molecule has 1 aromatic carbocycles. The third-order valence-corrected chi connectivity index (χ3v) is 7.05. The van der Waals surface area contributed by atoms with Crippen LogP contribution in [-0.4, -0.2) is 61.4 Å². The maximum Gasteiger partial charge on any atom is 0.253 e. The molecule has 2 N–H and O–H groups in total. The Bertz CT molecular complexity index is 976. The van der Waals surface area contributed by atoms with E-state index >= 15 is 0 Å². The van der Waals surface area contributed by atoms with Crippen molar-refractivity contribution in [3.8, 4) is 0 Å². The third kappa shape index (κ3) is 8.81. The number of amides is 4. The van der Waals surface area contributed by atoms with Gasteiger partial charge >= 0.3 is 0 Å². The molecule has 0 saturated heterocycles. The summed E-state index contributed by atoms with van der Waals surface area (Å²) in [4.78, 5) is 49.9. The lowest BCUT2D eigenvalue weighted by Gasteiger charge is -2.32. The number of carbonyl (C=O) groups is 4. The summed E-state index contributed by atoms with van der Waals surface area (Å²) in [6, 6.07) is 9.14. The highest BCUT2D eigenvalue weighted by Crippen LogP contribution is 2.30. The van der Waals surface area contributed by atoms with Crippen LogP contribution < -0.4 is 10.6 Å². The molecule has 0 atom stereocenters. The van der Waals surface area contributed by atoms with Crippen molar-refractivity contribution in [1.29, 1.82) is 0 Å². The standard InChI is InChI=1S/C29H41N3O5/c1-28(2,17-30-26(35)22-8-6-5-7-9-22)19-37-20-29(3,4)18-31-27(36)23-12-10-21(11-13-23)16-32-24(33)14-15-25(32)34/h5-9,14-15,21,23H,10-13,16-20H2,1-4H3,(H,30,35)(H,31,36). The van der Waals surface area contributed by atoms with Gasteiger partial charge in [-0.25, -0.2) is 0 Å². The Kier molecular flexibility index (Phi) is 9.65. The minimum absolute atomic E-state index is 0.0387. The zero-order chi connectivity index (χ0) is 27.1. The van der Waals surface area contributed by atoms with E-state index in [9.17, 15) is 19.2 Å². The molecule has 202 valence electrons. The normalized spacial score (nSPS) is 20.3. The largest absolute Gasteiger partial charge is 0.380 e. The maximum absolute atomic E-state index is 12.8. The van der Waals surface area contributed by atoms with Gasteiger partial charge in [0.05, 0.1) is 13.2 Å². The summed E-state index contributed by atoms with van der Waals surface area (Å²) < 4.78 is 6.01. The minimum Gasteiger partial charge on any atom is -0.380 e. The van der Waals surface area contributed by atoms with E-state index in [2.05, 4.69) is 38.3 Å². The molecule has 37 heavy (non-hydrogen) atoms. The highest BCUT2D eigenvalue weighted by molar-refractivity contribution is 6.12.